The first-order valence-electron chi connectivity index (χ1n) is 8.09. The Kier molecular flexibility index (Phi) is 5.64. The van der Waals surface area contributed by atoms with Gasteiger partial charge in [0.1, 0.15) is 0 Å². The van der Waals surface area contributed by atoms with Gasteiger partial charge >= 0.3 is 0 Å². The van der Waals surface area contributed by atoms with Crippen LogP contribution in [0.2, 0.25) is 5.02 Å². The van der Waals surface area contributed by atoms with Crippen LogP contribution in [0.15, 0.2) is 47.6 Å². The lowest BCUT2D eigenvalue weighted by molar-refractivity contribution is -0.113. The number of carbonyl (C=O) groups excluding carboxylic acids is 1. The van der Waals surface area contributed by atoms with Gasteiger partial charge in [0, 0.05) is 23.3 Å². The molecule has 0 radical (unpaired) electrons. The summed E-state index contributed by atoms with van der Waals surface area (Å²) in [5.41, 5.74) is 3.88. The lowest BCUT2D eigenvalue weighted by Crippen LogP contribution is -2.15. The maximum Gasteiger partial charge on any atom is 0.234 e. The Balaban J connectivity index is 1.64. The van der Waals surface area contributed by atoms with Crippen molar-refractivity contribution in [2.45, 2.75) is 19.0 Å². The van der Waals surface area contributed by atoms with Crippen LogP contribution in [0.4, 0.5) is 5.69 Å². The predicted molar refractivity (Wildman–Crippen MR) is 107 cm³/mol. The van der Waals surface area contributed by atoms with Crippen LogP contribution < -0.4 is 5.32 Å². The molecule has 26 heavy (non-hydrogen) atoms. The smallest absolute Gasteiger partial charge is 0.234 e. The van der Waals surface area contributed by atoms with Gasteiger partial charge in [0.25, 0.3) is 0 Å². The number of hydrogen-bond acceptors (Lipinski definition) is 4. The molecule has 0 aliphatic rings. The topological polar surface area (TPSA) is 59.8 Å². The number of nitrogens with zero attached hydrogens (tertiary/aromatic N) is 3. The highest BCUT2D eigenvalue weighted by molar-refractivity contribution is 7.99. The Morgan fingerprint density at radius 3 is 2.58 bits per heavy atom. The third kappa shape index (κ3) is 4.26. The molecule has 0 bridgehead atoms. The second-order valence-electron chi connectivity index (χ2n) is 6.03. The van der Waals surface area contributed by atoms with Crippen molar-refractivity contribution in [3.8, 4) is 11.4 Å². The largest absolute Gasteiger partial charge is 0.325 e. The standard InChI is InChI=1S/C19H19ClN4OS/c1-12-4-6-14(7-5-12)18-22-23-19(24(18)3)26-11-17(25)21-16-9-8-15(20)10-13(16)2/h4-10H,11H2,1-3H3,(H,21,25). The summed E-state index contributed by atoms with van der Waals surface area (Å²) >= 11 is 7.29. The van der Waals surface area contributed by atoms with E-state index in [2.05, 4.69) is 15.5 Å². The van der Waals surface area contributed by atoms with E-state index in [1.165, 1.54) is 17.3 Å². The number of nitrogens with one attached hydrogen (secondary N) is 1. The Bertz CT molecular complexity index is 937. The maximum atomic E-state index is 12.2. The molecule has 1 amide bonds. The third-order valence-electron chi connectivity index (χ3n) is 3.94. The molecule has 134 valence electrons. The van der Waals surface area contributed by atoms with Gasteiger partial charge in [0.2, 0.25) is 5.91 Å². The number of rotatable bonds is 5. The van der Waals surface area contributed by atoms with Crippen molar-refractivity contribution in [1.82, 2.24) is 14.8 Å². The van der Waals surface area contributed by atoms with Crippen molar-refractivity contribution in [2.24, 2.45) is 7.05 Å². The molecule has 5 nitrogen and oxygen atoms in total. The van der Waals surface area contributed by atoms with Crippen molar-refractivity contribution in [1.29, 1.82) is 0 Å². The van der Waals surface area contributed by atoms with E-state index in [4.69, 9.17) is 11.6 Å². The minimum Gasteiger partial charge on any atom is -0.325 e. The predicted octanol–water partition coefficient (Wildman–Crippen LogP) is 4.48. The van der Waals surface area contributed by atoms with Crippen LogP contribution in [0.25, 0.3) is 11.4 Å². The van der Waals surface area contributed by atoms with Crippen LogP contribution >= 0.6 is 23.4 Å². The first kappa shape index (κ1) is 18.5. The zero-order chi connectivity index (χ0) is 18.7. The van der Waals surface area contributed by atoms with Gasteiger partial charge in [-0.25, -0.2) is 0 Å². The molecule has 0 atom stereocenters. The van der Waals surface area contributed by atoms with Crippen LogP contribution in [-0.2, 0) is 11.8 Å². The number of thioether (sulfide) groups is 1. The van der Waals surface area contributed by atoms with E-state index in [0.717, 1.165) is 22.6 Å². The fraction of sp³-hybridized carbons (Fsp3) is 0.211. The number of amides is 1. The number of halogens is 1. The summed E-state index contributed by atoms with van der Waals surface area (Å²) in [7, 11) is 1.90. The minimum atomic E-state index is -0.0969. The molecular weight excluding hydrogens is 368 g/mol. The normalized spacial score (nSPS) is 10.8. The van der Waals surface area contributed by atoms with Crippen molar-refractivity contribution < 1.29 is 4.79 Å². The summed E-state index contributed by atoms with van der Waals surface area (Å²) in [6.45, 7) is 3.95. The van der Waals surface area contributed by atoms with E-state index >= 15 is 0 Å². The fourth-order valence-corrected chi connectivity index (χ4v) is 3.42. The molecule has 2 aromatic carbocycles. The Morgan fingerprint density at radius 2 is 1.88 bits per heavy atom. The van der Waals surface area contributed by atoms with E-state index in [0.29, 0.717) is 10.2 Å². The number of anilines is 1. The van der Waals surface area contributed by atoms with Crippen LogP contribution in [0, 0.1) is 13.8 Å². The molecule has 1 aromatic heterocycles. The molecule has 3 aromatic rings. The molecule has 0 saturated heterocycles. The minimum absolute atomic E-state index is 0.0969. The van der Waals surface area contributed by atoms with Gasteiger partial charge in [-0.15, -0.1) is 10.2 Å². The highest BCUT2D eigenvalue weighted by Gasteiger charge is 2.13. The summed E-state index contributed by atoms with van der Waals surface area (Å²) in [6.07, 6.45) is 0. The maximum absolute atomic E-state index is 12.2. The summed E-state index contributed by atoms with van der Waals surface area (Å²) < 4.78 is 1.90. The van der Waals surface area contributed by atoms with E-state index < -0.39 is 0 Å². The van der Waals surface area contributed by atoms with E-state index in [9.17, 15) is 4.79 Å². The van der Waals surface area contributed by atoms with Crippen molar-refractivity contribution in [3.05, 3.63) is 58.6 Å². The molecule has 0 unspecified atom stereocenters. The molecule has 0 fully saturated rings. The lowest BCUT2D eigenvalue weighted by atomic mass is 10.1. The highest BCUT2D eigenvalue weighted by Crippen LogP contribution is 2.24. The summed E-state index contributed by atoms with van der Waals surface area (Å²) in [5.74, 6) is 0.934. The molecule has 1 heterocycles. The van der Waals surface area contributed by atoms with Gasteiger partial charge in [-0.2, -0.15) is 0 Å². The quantitative estimate of drug-likeness (QED) is 0.656. The number of benzene rings is 2. The molecule has 3 rings (SSSR count). The second-order valence-corrected chi connectivity index (χ2v) is 7.41. The number of hydrogen-bond donors (Lipinski definition) is 1. The Labute approximate surface area is 161 Å². The van der Waals surface area contributed by atoms with Gasteiger partial charge in [-0.05, 0) is 37.6 Å². The van der Waals surface area contributed by atoms with Crippen LogP contribution in [0.1, 0.15) is 11.1 Å². The molecule has 0 spiro atoms. The molecular formula is C19H19ClN4OS. The van der Waals surface area contributed by atoms with E-state index in [1.54, 1.807) is 12.1 Å². The molecule has 0 aliphatic heterocycles. The molecule has 0 aliphatic carbocycles. The van der Waals surface area contributed by atoms with Crippen molar-refractivity contribution >= 4 is 35.0 Å². The van der Waals surface area contributed by atoms with Crippen LogP contribution in [-0.4, -0.2) is 26.4 Å². The van der Waals surface area contributed by atoms with Crippen LogP contribution in [0.5, 0.6) is 0 Å². The van der Waals surface area contributed by atoms with Crippen molar-refractivity contribution in [3.63, 3.8) is 0 Å². The summed E-state index contributed by atoms with van der Waals surface area (Å²) in [6, 6.07) is 13.5. The summed E-state index contributed by atoms with van der Waals surface area (Å²) in [5, 5.41) is 12.7. The van der Waals surface area contributed by atoms with Gasteiger partial charge in [0.05, 0.1) is 5.75 Å². The molecule has 1 N–H and O–H groups in total. The van der Waals surface area contributed by atoms with E-state index in [-0.39, 0.29) is 11.7 Å². The number of aryl methyl sites for hydroxylation is 2. The summed E-state index contributed by atoms with van der Waals surface area (Å²) in [4.78, 5) is 12.2. The average Bonchev–Trinajstić information content (AvgIpc) is 2.97. The van der Waals surface area contributed by atoms with Crippen LogP contribution in [0.3, 0.4) is 0 Å². The first-order chi connectivity index (χ1) is 12.4. The number of carbonyl (C=O) groups is 1. The van der Waals surface area contributed by atoms with Gasteiger partial charge in [-0.3, -0.25) is 4.79 Å². The van der Waals surface area contributed by atoms with E-state index in [1.807, 2.05) is 55.8 Å². The lowest BCUT2D eigenvalue weighted by Gasteiger charge is -2.08. The number of aromatic nitrogens is 3. The monoisotopic (exact) mass is 386 g/mol. The van der Waals surface area contributed by atoms with Gasteiger partial charge in [0.15, 0.2) is 11.0 Å². The second kappa shape index (κ2) is 7.93. The fourth-order valence-electron chi connectivity index (χ4n) is 2.48. The Morgan fingerprint density at radius 1 is 1.15 bits per heavy atom. The zero-order valence-corrected chi connectivity index (χ0v) is 16.4. The van der Waals surface area contributed by atoms with Crippen molar-refractivity contribution in [2.75, 3.05) is 11.1 Å². The zero-order valence-electron chi connectivity index (χ0n) is 14.8. The first-order valence-corrected chi connectivity index (χ1v) is 9.45. The SMILES string of the molecule is Cc1ccc(-c2nnc(SCC(=O)Nc3ccc(Cl)cc3C)n2C)cc1. The van der Waals surface area contributed by atoms with Gasteiger partial charge < -0.3 is 9.88 Å². The van der Waals surface area contributed by atoms with Gasteiger partial charge in [-0.1, -0.05) is 53.2 Å². The third-order valence-corrected chi connectivity index (χ3v) is 5.19. The highest BCUT2D eigenvalue weighted by atomic mass is 35.5. The molecule has 7 heteroatoms. The average molecular weight is 387 g/mol. The molecule has 0 saturated carbocycles. The Hall–Kier alpha value is -2.31.